The van der Waals surface area contributed by atoms with Crippen molar-refractivity contribution in [3.63, 3.8) is 0 Å². The topological polar surface area (TPSA) is 59.2 Å². The summed E-state index contributed by atoms with van der Waals surface area (Å²) in [4.78, 5) is 23.7. The van der Waals surface area contributed by atoms with E-state index in [1.54, 1.807) is 23.4 Å². The number of hydrogen-bond donors (Lipinski definition) is 0. The van der Waals surface area contributed by atoms with Crippen molar-refractivity contribution in [2.75, 3.05) is 0 Å². The van der Waals surface area contributed by atoms with Crippen LogP contribution in [0.2, 0.25) is 0 Å². The Balaban J connectivity index is 1.48. The zero-order valence-corrected chi connectivity index (χ0v) is 17.8. The molecule has 1 fully saturated rings. The quantitative estimate of drug-likeness (QED) is 0.270. The van der Waals surface area contributed by atoms with Crippen LogP contribution in [-0.4, -0.2) is 26.8 Å². The number of hydrogen-bond acceptors (Lipinski definition) is 5. The molecule has 1 aliphatic rings. The summed E-state index contributed by atoms with van der Waals surface area (Å²) in [6.45, 7) is 0.0566. The summed E-state index contributed by atoms with van der Waals surface area (Å²) < 4.78 is 33.6. The van der Waals surface area contributed by atoms with E-state index in [4.69, 9.17) is 4.42 Å². The lowest BCUT2D eigenvalue weighted by atomic mass is 10.1. The van der Waals surface area contributed by atoms with Crippen LogP contribution >= 0.6 is 11.8 Å². The minimum Gasteiger partial charge on any atom is -0.451 e. The summed E-state index contributed by atoms with van der Waals surface area (Å²) in [6.07, 6.45) is 5.02. The molecule has 8 heteroatoms. The fraction of sp³-hybridized carbons (Fsp3) is 0.208. The average molecular weight is 451 g/mol. The van der Waals surface area contributed by atoms with Crippen LogP contribution in [0.3, 0.4) is 0 Å². The third-order valence-corrected chi connectivity index (χ3v) is 6.29. The maximum atomic E-state index is 14.3. The SMILES string of the molecule is O=C(c1oc2ccccc2c1CSc1ncccn1)N(Cc1ccc(F)cc1F)C1CC1. The highest BCUT2D eigenvalue weighted by Crippen LogP contribution is 2.35. The smallest absolute Gasteiger partial charge is 0.290 e. The molecule has 5 rings (SSSR count). The van der Waals surface area contributed by atoms with Gasteiger partial charge in [0.15, 0.2) is 10.9 Å². The fourth-order valence-electron chi connectivity index (χ4n) is 3.63. The number of halogens is 2. The monoisotopic (exact) mass is 451 g/mol. The summed E-state index contributed by atoms with van der Waals surface area (Å²) in [5, 5.41) is 1.45. The van der Waals surface area contributed by atoms with Crippen molar-refractivity contribution in [2.24, 2.45) is 0 Å². The summed E-state index contributed by atoms with van der Waals surface area (Å²) in [5.41, 5.74) is 1.65. The first-order valence-electron chi connectivity index (χ1n) is 10.3. The second kappa shape index (κ2) is 8.70. The molecule has 32 heavy (non-hydrogen) atoms. The van der Waals surface area contributed by atoms with Gasteiger partial charge < -0.3 is 9.32 Å². The zero-order chi connectivity index (χ0) is 22.1. The molecule has 1 aliphatic carbocycles. The van der Waals surface area contributed by atoms with Gasteiger partial charge in [0, 0.05) is 53.3 Å². The average Bonchev–Trinajstić information content (AvgIpc) is 3.58. The Morgan fingerprint density at radius 1 is 1.09 bits per heavy atom. The molecule has 0 saturated heterocycles. The number of furan rings is 1. The highest BCUT2D eigenvalue weighted by Gasteiger charge is 2.36. The van der Waals surface area contributed by atoms with Gasteiger partial charge in [0.05, 0.1) is 0 Å². The number of carbonyl (C=O) groups is 1. The van der Waals surface area contributed by atoms with Crippen LogP contribution in [0.5, 0.6) is 0 Å². The van der Waals surface area contributed by atoms with Crippen LogP contribution in [0.4, 0.5) is 8.78 Å². The van der Waals surface area contributed by atoms with E-state index in [0.29, 0.717) is 16.5 Å². The van der Waals surface area contributed by atoms with E-state index in [9.17, 15) is 13.6 Å². The Bertz CT molecular complexity index is 1270. The number of carbonyl (C=O) groups excluding carboxylic acids is 1. The minimum absolute atomic E-state index is 0.0122. The highest BCUT2D eigenvalue weighted by atomic mass is 32.2. The maximum Gasteiger partial charge on any atom is 0.290 e. The molecule has 2 aromatic carbocycles. The van der Waals surface area contributed by atoms with E-state index < -0.39 is 11.6 Å². The Kier molecular flexibility index (Phi) is 5.61. The summed E-state index contributed by atoms with van der Waals surface area (Å²) in [5.74, 6) is -0.910. The van der Waals surface area contributed by atoms with E-state index in [2.05, 4.69) is 9.97 Å². The first-order valence-corrected chi connectivity index (χ1v) is 11.2. The standard InChI is InChI=1S/C24H19F2N3O2S/c25-16-7-6-15(20(26)12-16)13-29(17-8-9-17)23(30)22-19(14-32-24-27-10-3-11-28-24)18-4-1-2-5-21(18)31-22/h1-7,10-12,17H,8-9,13-14H2. The van der Waals surface area contributed by atoms with Gasteiger partial charge in [-0.2, -0.15) is 0 Å². The van der Waals surface area contributed by atoms with Crippen molar-refractivity contribution >= 4 is 28.6 Å². The van der Waals surface area contributed by atoms with Gasteiger partial charge in [0.1, 0.15) is 17.2 Å². The predicted molar refractivity (Wildman–Crippen MR) is 117 cm³/mol. The van der Waals surface area contributed by atoms with Crippen LogP contribution in [0.15, 0.2) is 70.5 Å². The number of aromatic nitrogens is 2. The van der Waals surface area contributed by atoms with Gasteiger partial charge in [-0.25, -0.2) is 18.7 Å². The van der Waals surface area contributed by atoms with E-state index in [1.165, 1.54) is 23.9 Å². The fourth-order valence-corrected chi connectivity index (χ4v) is 4.46. The van der Waals surface area contributed by atoms with Crippen molar-refractivity contribution in [3.05, 3.63) is 89.4 Å². The van der Waals surface area contributed by atoms with Gasteiger partial charge in [-0.15, -0.1) is 0 Å². The lowest BCUT2D eigenvalue weighted by Gasteiger charge is -2.22. The van der Waals surface area contributed by atoms with Gasteiger partial charge in [-0.3, -0.25) is 4.79 Å². The van der Waals surface area contributed by atoms with Gasteiger partial charge in [-0.1, -0.05) is 36.0 Å². The zero-order valence-electron chi connectivity index (χ0n) is 17.0. The van der Waals surface area contributed by atoms with Crippen LogP contribution in [0.25, 0.3) is 11.0 Å². The van der Waals surface area contributed by atoms with E-state index in [1.807, 2.05) is 24.3 Å². The summed E-state index contributed by atoms with van der Waals surface area (Å²) in [7, 11) is 0. The second-order valence-electron chi connectivity index (χ2n) is 7.63. The number of amides is 1. The Morgan fingerprint density at radius 2 is 1.88 bits per heavy atom. The molecule has 0 atom stereocenters. The first kappa shape index (κ1) is 20.6. The molecule has 5 nitrogen and oxygen atoms in total. The molecule has 0 unspecified atom stereocenters. The maximum absolute atomic E-state index is 14.3. The number of para-hydroxylation sites is 1. The van der Waals surface area contributed by atoms with E-state index in [0.717, 1.165) is 29.9 Å². The molecule has 1 saturated carbocycles. The van der Waals surface area contributed by atoms with Crippen molar-refractivity contribution in [3.8, 4) is 0 Å². The summed E-state index contributed by atoms with van der Waals surface area (Å²) >= 11 is 1.41. The molecule has 0 N–H and O–H groups in total. The summed E-state index contributed by atoms with van der Waals surface area (Å²) in [6, 6.07) is 12.7. The number of fused-ring (bicyclic) bond motifs is 1. The molecule has 0 bridgehead atoms. The number of thioether (sulfide) groups is 1. The Hall–Kier alpha value is -3.26. The second-order valence-corrected chi connectivity index (χ2v) is 8.57. The van der Waals surface area contributed by atoms with E-state index >= 15 is 0 Å². The number of nitrogens with zero attached hydrogens (tertiary/aromatic N) is 3. The van der Waals surface area contributed by atoms with Crippen molar-refractivity contribution < 1.29 is 18.0 Å². The Labute approximate surface area is 187 Å². The molecule has 1 amide bonds. The molecular formula is C24H19F2N3O2S. The van der Waals surface area contributed by atoms with Gasteiger partial charge in [0.2, 0.25) is 0 Å². The predicted octanol–water partition coefficient (Wildman–Crippen LogP) is 5.60. The van der Waals surface area contributed by atoms with Crippen LogP contribution in [0, 0.1) is 11.6 Å². The van der Waals surface area contributed by atoms with Crippen molar-refractivity contribution in [2.45, 2.75) is 36.3 Å². The normalized spacial score (nSPS) is 13.4. The number of rotatable bonds is 7. The third kappa shape index (κ3) is 4.23. The largest absolute Gasteiger partial charge is 0.451 e. The molecule has 0 spiro atoms. The van der Waals surface area contributed by atoms with Gasteiger partial charge >= 0.3 is 0 Å². The van der Waals surface area contributed by atoms with Crippen LogP contribution < -0.4 is 0 Å². The molecule has 2 aromatic heterocycles. The molecule has 162 valence electrons. The number of benzene rings is 2. The molecular weight excluding hydrogens is 432 g/mol. The Morgan fingerprint density at radius 3 is 2.62 bits per heavy atom. The van der Waals surface area contributed by atoms with E-state index in [-0.39, 0.29) is 29.8 Å². The molecule has 4 aromatic rings. The molecule has 0 radical (unpaired) electrons. The van der Waals surface area contributed by atoms with Crippen molar-refractivity contribution in [1.29, 1.82) is 0 Å². The third-order valence-electron chi connectivity index (χ3n) is 5.38. The lowest BCUT2D eigenvalue weighted by Crippen LogP contribution is -2.33. The van der Waals surface area contributed by atoms with Gasteiger partial charge in [-0.05, 0) is 31.0 Å². The van der Waals surface area contributed by atoms with Crippen molar-refractivity contribution in [1.82, 2.24) is 14.9 Å². The van der Waals surface area contributed by atoms with Gasteiger partial charge in [0.25, 0.3) is 5.91 Å². The first-order chi connectivity index (χ1) is 15.6. The highest BCUT2D eigenvalue weighted by molar-refractivity contribution is 7.98. The minimum atomic E-state index is -0.662. The van der Waals surface area contributed by atoms with Crippen LogP contribution in [0.1, 0.15) is 34.5 Å². The molecule has 0 aliphatic heterocycles. The molecule has 2 heterocycles. The van der Waals surface area contributed by atoms with Crippen LogP contribution in [-0.2, 0) is 12.3 Å². The lowest BCUT2D eigenvalue weighted by molar-refractivity contribution is 0.0697.